The van der Waals surface area contributed by atoms with Crippen molar-refractivity contribution in [2.24, 2.45) is 0 Å². The second kappa shape index (κ2) is 4.38. The van der Waals surface area contributed by atoms with E-state index in [-0.39, 0.29) is 0 Å². The van der Waals surface area contributed by atoms with Gasteiger partial charge < -0.3 is 14.6 Å². The first-order valence-corrected chi connectivity index (χ1v) is 6.38. The molecule has 2 aliphatic heterocycles. The Morgan fingerprint density at radius 3 is 2.94 bits per heavy atom. The Morgan fingerprint density at radius 2 is 2.22 bits per heavy atom. The molecule has 3 rings (SSSR count). The van der Waals surface area contributed by atoms with Crippen molar-refractivity contribution in [1.82, 2.24) is 4.90 Å². The number of hydrogen-bond acceptors (Lipinski definition) is 4. The molecule has 98 valence electrons. The third-order valence-electron chi connectivity index (χ3n) is 3.27. The average molecular weight is 270 g/mol. The van der Waals surface area contributed by atoms with Gasteiger partial charge in [-0.25, -0.2) is 0 Å². The van der Waals surface area contributed by atoms with E-state index in [1.807, 2.05) is 19.1 Å². The van der Waals surface area contributed by atoms with Crippen molar-refractivity contribution >= 4 is 11.6 Å². The van der Waals surface area contributed by atoms with E-state index in [1.54, 1.807) is 0 Å². The normalized spacial score (nSPS) is 21.9. The van der Waals surface area contributed by atoms with E-state index >= 15 is 0 Å². The summed E-state index contributed by atoms with van der Waals surface area (Å²) < 4.78 is 10.8. The highest BCUT2D eigenvalue weighted by Gasteiger charge is 2.36. The molecule has 0 radical (unpaired) electrons. The molecular weight excluding hydrogens is 254 g/mol. The third kappa shape index (κ3) is 2.34. The molecule has 1 saturated heterocycles. The molecule has 1 N–H and O–H groups in total. The van der Waals surface area contributed by atoms with E-state index in [2.05, 4.69) is 4.90 Å². The molecule has 2 heterocycles. The lowest BCUT2D eigenvalue weighted by Gasteiger charge is -2.44. The lowest BCUT2D eigenvalue weighted by atomic mass is 9.96. The van der Waals surface area contributed by atoms with Crippen LogP contribution in [0.15, 0.2) is 12.1 Å². The number of benzene rings is 1. The van der Waals surface area contributed by atoms with Crippen LogP contribution in [0.3, 0.4) is 0 Å². The predicted molar refractivity (Wildman–Crippen MR) is 67.6 cm³/mol. The Bertz CT molecular complexity index is 468. The van der Waals surface area contributed by atoms with E-state index < -0.39 is 5.60 Å². The van der Waals surface area contributed by atoms with Gasteiger partial charge in [0.25, 0.3) is 0 Å². The highest BCUT2D eigenvalue weighted by atomic mass is 35.5. The van der Waals surface area contributed by atoms with Gasteiger partial charge in [-0.15, -0.1) is 0 Å². The predicted octanol–water partition coefficient (Wildman–Crippen LogP) is 1.77. The Hall–Kier alpha value is -0.810. The summed E-state index contributed by atoms with van der Waals surface area (Å²) in [5.41, 5.74) is 1.51. The summed E-state index contributed by atoms with van der Waals surface area (Å²) in [4.78, 5) is 2.17. The standard InChI is InChI=1S/C13H16ClNO3/c1-13(16)6-15(7-13)4-9-2-11(14)3-10-5-17-8-18-12(9)10/h2-3,16H,4-8H2,1H3. The molecule has 1 aromatic carbocycles. The van der Waals surface area contributed by atoms with Gasteiger partial charge in [-0.05, 0) is 19.1 Å². The van der Waals surface area contributed by atoms with E-state index in [1.165, 1.54) is 0 Å². The average Bonchev–Trinajstić information content (AvgIpc) is 2.26. The second-order valence-corrected chi connectivity index (χ2v) is 5.74. The zero-order valence-electron chi connectivity index (χ0n) is 10.3. The third-order valence-corrected chi connectivity index (χ3v) is 3.49. The fraction of sp³-hybridized carbons (Fsp3) is 0.538. The second-order valence-electron chi connectivity index (χ2n) is 5.31. The number of halogens is 1. The molecule has 4 nitrogen and oxygen atoms in total. The SMILES string of the molecule is CC1(O)CN(Cc2cc(Cl)cc3c2OCOC3)C1. The lowest BCUT2D eigenvalue weighted by Crippen LogP contribution is -2.59. The molecule has 0 unspecified atom stereocenters. The molecule has 1 aromatic rings. The molecule has 2 aliphatic rings. The first-order valence-electron chi connectivity index (χ1n) is 6.00. The molecule has 5 heteroatoms. The molecule has 0 amide bonds. The summed E-state index contributed by atoms with van der Waals surface area (Å²) in [6.07, 6.45) is 0. The van der Waals surface area contributed by atoms with Crippen LogP contribution in [0.1, 0.15) is 18.1 Å². The van der Waals surface area contributed by atoms with Gasteiger partial charge in [0, 0.05) is 35.8 Å². The van der Waals surface area contributed by atoms with Gasteiger partial charge in [-0.2, -0.15) is 0 Å². The summed E-state index contributed by atoms with van der Waals surface area (Å²) >= 11 is 6.10. The van der Waals surface area contributed by atoms with Gasteiger partial charge in [0.05, 0.1) is 12.2 Å². The Labute approximate surface area is 111 Å². The van der Waals surface area contributed by atoms with Gasteiger partial charge >= 0.3 is 0 Å². The van der Waals surface area contributed by atoms with Crippen molar-refractivity contribution in [3.05, 3.63) is 28.3 Å². The highest BCUT2D eigenvalue weighted by Crippen LogP contribution is 2.34. The number of likely N-dealkylation sites (tertiary alicyclic amines) is 1. The van der Waals surface area contributed by atoms with Crippen LogP contribution in [0.2, 0.25) is 5.02 Å². The number of rotatable bonds is 2. The molecule has 1 fully saturated rings. The summed E-state index contributed by atoms with van der Waals surface area (Å²) in [5.74, 6) is 0.886. The maximum Gasteiger partial charge on any atom is 0.189 e. The van der Waals surface area contributed by atoms with Crippen LogP contribution in [0.5, 0.6) is 5.75 Å². The number of hydrogen-bond donors (Lipinski definition) is 1. The molecule has 0 aliphatic carbocycles. The Balaban J connectivity index is 1.81. The largest absolute Gasteiger partial charge is 0.467 e. The molecule has 0 aromatic heterocycles. The van der Waals surface area contributed by atoms with E-state index in [0.717, 1.165) is 23.4 Å². The fourth-order valence-corrected chi connectivity index (χ4v) is 2.91. The van der Waals surface area contributed by atoms with Crippen LogP contribution in [0, 0.1) is 0 Å². The van der Waals surface area contributed by atoms with Crippen molar-refractivity contribution in [2.45, 2.75) is 25.7 Å². The maximum atomic E-state index is 9.74. The van der Waals surface area contributed by atoms with E-state index in [9.17, 15) is 5.11 Å². The van der Waals surface area contributed by atoms with E-state index in [4.69, 9.17) is 21.1 Å². The van der Waals surface area contributed by atoms with Gasteiger partial charge in [-0.3, -0.25) is 4.90 Å². The van der Waals surface area contributed by atoms with Crippen molar-refractivity contribution < 1.29 is 14.6 Å². The van der Waals surface area contributed by atoms with Crippen LogP contribution in [-0.2, 0) is 17.9 Å². The molecule has 0 spiro atoms. The number of fused-ring (bicyclic) bond motifs is 1. The summed E-state index contributed by atoms with van der Waals surface area (Å²) in [6, 6.07) is 3.81. The minimum Gasteiger partial charge on any atom is -0.467 e. The highest BCUT2D eigenvalue weighted by molar-refractivity contribution is 6.30. The van der Waals surface area contributed by atoms with Gasteiger partial charge in [0.2, 0.25) is 0 Å². The zero-order chi connectivity index (χ0) is 12.8. The molecule has 0 saturated carbocycles. The smallest absolute Gasteiger partial charge is 0.189 e. The van der Waals surface area contributed by atoms with Gasteiger partial charge in [-0.1, -0.05) is 11.6 Å². The number of β-amino-alcohol motifs (C(OH)–C–C–N with tert-alkyl or cyclic N) is 1. The maximum absolute atomic E-state index is 9.74. The Morgan fingerprint density at radius 1 is 1.44 bits per heavy atom. The molecule has 0 atom stereocenters. The quantitative estimate of drug-likeness (QED) is 0.889. The first-order chi connectivity index (χ1) is 8.53. The van der Waals surface area contributed by atoms with Gasteiger partial charge in [0.1, 0.15) is 5.75 Å². The van der Waals surface area contributed by atoms with Crippen LogP contribution in [0.4, 0.5) is 0 Å². The number of ether oxygens (including phenoxy) is 2. The number of nitrogens with zero attached hydrogens (tertiary/aromatic N) is 1. The van der Waals surface area contributed by atoms with Crippen LogP contribution >= 0.6 is 11.6 Å². The monoisotopic (exact) mass is 269 g/mol. The van der Waals surface area contributed by atoms with Crippen LogP contribution < -0.4 is 4.74 Å². The Kier molecular flexibility index (Phi) is 2.98. The first kappa shape index (κ1) is 12.2. The van der Waals surface area contributed by atoms with Crippen LogP contribution in [0.25, 0.3) is 0 Å². The minimum atomic E-state index is -0.553. The molecular formula is C13H16ClNO3. The van der Waals surface area contributed by atoms with E-state index in [0.29, 0.717) is 31.5 Å². The number of aliphatic hydroxyl groups is 1. The topological polar surface area (TPSA) is 41.9 Å². The van der Waals surface area contributed by atoms with Crippen molar-refractivity contribution in [3.8, 4) is 5.75 Å². The molecule has 18 heavy (non-hydrogen) atoms. The zero-order valence-corrected chi connectivity index (χ0v) is 11.0. The van der Waals surface area contributed by atoms with Crippen LogP contribution in [-0.4, -0.2) is 35.5 Å². The van der Waals surface area contributed by atoms with Gasteiger partial charge in [0.15, 0.2) is 6.79 Å². The lowest BCUT2D eigenvalue weighted by molar-refractivity contribution is -0.0879. The summed E-state index contributed by atoms with van der Waals surface area (Å²) in [7, 11) is 0. The van der Waals surface area contributed by atoms with Crippen molar-refractivity contribution in [2.75, 3.05) is 19.9 Å². The summed E-state index contributed by atoms with van der Waals surface area (Å²) in [5, 5.41) is 10.4. The van der Waals surface area contributed by atoms with Crippen molar-refractivity contribution in [3.63, 3.8) is 0 Å². The van der Waals surface area contributed by atoms with Crippen molar-refractivity contribution in [1.29, 1.82) is 0 Å². The minimum absolute atomic E-state index is 0.291. The molecule has 0 bridgehead atoms. The summed E-state index contributed by atoms with van der Waals surface area (Å²) in [6.45, 7) is 4.80. The fourth-order valence-electron chi connectivity index (χ4n) is 2.64.